The van der Waals surface area contributed by atoms with Crippen LogP contribution in [-0.4, -0.2) is 34.9 Å². The molecule has 0 amide bonds. The van der Waals surface area contributed by atoms with Gasteiger partial charge < -0.3 is 19.7 Å². The second-order valence-corrected chi connectivity index (χ2v) is 3.47. The number of carboxylic acids is 2. The number of benzene rings is 1. The van der Waals surface area contributed by atoms with Crippen LogP contribution in [0, 0.1) is 0 Å². The fraction of sp³-hybridized carbons (Fsp3) is 0.333. The number of hydrogen-bond acceptors (Lipinski definition) is 4. The van der Waals surface area contributed by atoms with Crippen LogP contribution in [0.25, 0.3) is 0 Å². The fourth-order valence-electron chi connectivity index (χ4n) is 1.30. The molecule has 1 unspecified atom stereocenters. The Labute approximate surface area is 104 Å². The number of carbonyl (C=O) groups is 2. The number of para-hydroxylation sites is 1. The molecule has 18 heavy (non-hydrogen) atoms. The van der Waals surface area contributed by atoms with E-state index in [4.69, 9.17) is 19.7 Å². The van der Waals surface area contributed by atoms with E-state index in [1.165, 1.54) is 25.1 Å². The van der Waals surface area contributed by atoms with Gasteiger partial charge in [0.05, 0.1) is 6.61 Å². The summed E-state index contributed by atoms with van der Waals surface area (Å²) in [5, 5.41) is 17.8. The van der Waals surface area contributed by atoms with Crippen molar-refractivity contribution in [3.8, 4) is 11.5 Å². The summed E-state index contributed by atoms with van der Waals surface area (Å²) < 4.78 is 10.4. The zero-order chi connectivity index (χ0) is 13.7. The van der Waals surface area contributed by atoms with Crippen LogP contribution in [0.1, 0.15) is 24.2 Å². The molecule has 1 atom stereocenters. The molecular formula is C12H14O6. The smallest absolute Gasteiger partial charge is 0.344 e. The van der Waals surface area contributed by atoms with Crippen LogP contribution >= 0.6 is 0 Å². The van der Waals surface area contributed by atoms with Gasteiger partial charge in [0.25, 0.3) is 0 Å². The number of ether oxygens (including phenoxy) is 2. The number of hydrogen-bond donors (Lipinski definition) is 2. The molecule has 0 saturated carbocycles. The molecule has 0 heterocycles. The summed E-state index contributed by atoms with van der Waals surface area (Å²) in [5.74, 6) is -2.24. The summed E-state index contributed by atoms with van der Waals surface area (Å²) in [5.41, 5.74) is -0.131. The molecule has 98 valence electrons. The minimum atomic E-state index is -1.20. The minimum Gasteiger partial charge on any atom is -0.490 e. The minimum absolute atomic E-state index is 0.0678. The second kappa shape index (κ2) is 5.90. The Balaban J connectivity index is 3.17. The Morgan fingerprint density at radius 3 is 2.50 bits per heavy atom. The van der Waals surface area contributed by atoms with Crippen molar-refractivity contribution < 1.29 is 29.3 Å². The van der Waals surface area contributed by atoms with E-state index in [0.717, 1.165) is 0 Å². The molecule has 0 aromatic heterocycles. The van der Waals surface area contributed by atoms with E-state index in [1.807, 2.05) is 0 Å². The predicted molar refractivity (Wildman–Crippen MR) is 62.3 cm³/mol. The van der Waals surface area contributed by atoms with Crippen LogP contribution < -0.4 is 9.47 Å². The standard InChI is InChI=1S/C12H14O6/c1-3-17-9-6-4-5-8(12(15)16)10(9)18-7(2)11(13)14/h4-7H,3H2,1-2H3,(H,13,14)(H,15,16). The SMILES string of the molecule is CCOc1cccc(C(=O)O)c1OC(C)C(=O)O. The van der Waals surface area contributed by atoms with Crippen LogP contribution in [-0.2, 0) is 4.79 Å². The van der Waals surface area contributed by atoms with Gasteiger partial charge in [-0.2, -0.15) is 0 Å². The van der Waals surface area contributed by atoms with Crippen LogP contribution in [0.5, 0.6) is 11.5 Å². The summed E-state index contributed by atoms with van der Waals surface area (Å²) in [6, 6.07) is 4.36. The van der Waals surface area contributed by atoms with Crippen molar-refractivity contribution in [2.24, 2.45) is 0 Å². The summed E-state index contributed by atoms with van der Waals surface area (Å²) in [4.78, 5) is 21.8. The molecule has 1 aromatic carbocycles. The molecule has 0 saturated heterocycles. The van der Waals surface area contributed by atoms with Crippen LogP contribution in [0.2, 0.25) is 0 Å². The lowest BCUT2D eigenvalue weighted by Gasteiger charge is -2.16. The van der Waals surface area contributed by atoms with Gasteiger partial charge in [-0.3, -0.25) is 0 Å². The van der Waals surface area contributed by atoms with Crippen molar-refractivity contribution >= 4 is 11.9 Å². The van der Waals surface area contributed by atoms with E-state index in [1.54, 1.807) is 6.92 Å². The van der Waals surface area contributed by atoms with Gasteiger partial charge in [0.1, 0.15) is 5.56 Å². The third-order valence-corrected chi connectivity index (χ3v) is 2.15. The van der Waals surface area contributed by atoms with Gasteiger partial charge in [-0.25, -0.2) is 9.59 Å². The van der Waals surface area contributed by atoms with E-state index >= 15 is 0 Å². The molecule has 6 heteroatoms. The highest BCUT2D eigenvalue weighted by atomic mass is 16.5. The average Bonchev–Trinajstić information content (AvgIpc) is 2.30. The molecular weight excluding hydrogens is 240 g/mol. The van der Waals surface area contributed by atoms with E-state index in [-0.39, 0.29) is 17.1 Å². The first-order chi connectivity index (χ1) is 8.47. The maximum atomic E-state index is 11.0. The summed E-state index contributed by atoms with van der Waals surface area (Å²) >= 11 is 0. The second-order valence-electron chi connectivity index (χ2n) is 3.47. The molecule has 0 aliphatic rings. The molecule has 6 nitrogen and oxygen atoms in total. The normalized spacial score (nSPS) is 11.7. The van der Waals surface area contributed by atoms with Crippen molar-refractivity contribution in [1.29, 1.82) is 0 Å². The van der Waals surface area contributed by atoms with Crippen molar-refractivity contribution in [2.75, 3.05) is 6.61 Å². The Kier molecular flexibility index (Phi) is 4.53. The maximum absolute atomic E-state index is 11.0. The molecule has 0 radical (unpaired) electrons. The average molecular weight is 254 g/mol. The summed E-state index contributed by atoms with van der Waals surface area (Å²) in [6.07, 6.45) is -1.16. The van der Waals surface area contributed by atoms with Crippen molar-refractivity contribution in [1.82, 2.24) is 0 Å². The first-order valence-corrected chi connectivity index (χ1v) is 5.36. The van der Waals surface area contributed by atoms with Crippen LogP contribution in [0.4, 0.5) is 0 Å². The highest BCUT2D eigenvalue weighted by Crippen LogP contribution is 2.32. The number of carboxylic acid groups (broad SMARTS) is 2. The highest BCUT2D eigenvalue weighted by molar-refractivity contribution is 5.92. The predicted octanol–water partition coefficient (Wildman–Crippen LogP) is 1.64. The van der Waals surface area contributed by atoms with Gasteiger partial charge in [-0.05, 0) is 26.0 Å². The molecule has 1 rings (SSSR count). The van der Waals surface area contributed by atoms with Crippen LogP contribution in [0.15, 0.2) is 18.2 Å². The van der Waals surface area contributed by atoms with Gasteiger partial charge in [0, 0.05) is 0 Å². The Morgan fingerprint density at radius 2 is 2.00 bits per heavy atom. The first-order valence-electron chi connectivity index (χ1n) is 5.36. The van der Waals surface area contributed by atoms with Gasteiger partial charge >= 0.3 is 11.9 Å². The van der Waals surface area contributed by atoms with E-state index in [0.29, 0.717) is 6.61 Å². The van der Waals surface area contributed by atoms with Gasteiger partial charge in [0.15, 0.2) is 17.6 Å². The zero-order valence-corrected chi connectivity index (χ0v) is 10.0. The van der Waals surface area contributed by atoms with Crippen molar-refractivity contribution in [3.63, 3.8) is 0 Å². The Bertz CT molecular complexity index is 454. The Morgan fingerprint density at radius 1 is 1.33 bits per heavy atom. The van der Waals surface area contributed by atoms with Gasteiger partial charge in [-0.1, -0.05) is 6.07 Å². The topological polar surface area (TPSA) is 93.1 Å². The third kappa shape index (κ3) is 3.13. The molecule has 0 bridgehead atoms. The molecule has 0 fully saturated rings. The van der Waals surface area contributed by atoms with Crippen molar-refractivity contribution in [2.45, 2.75) is 20.0 Å². The fourth-order valence-corrected chi connectivity index (χ4v) is 1.30. The summed E-state index contributed by atoms with van der Waals surface area (Å²) in [7, 11) is 0. The van der Waals surface area contributed by atoms with E-state index < -0.39 is 18.0 Å². The van der Waals surface area contributed by atoms with Gasteiger partial charge in [-0.15, -0.1) is 0 Å². The lowest BCUT2D eigenvalue weighted by atomic mass is 10.2. The van der Waals surface area contributed by atoms with E-state index in [9.17, 15) is 9.59 Å². The van der Waals surface area contributed by atoms with E-state index in [2.05, 4.69) is 0 Å². The molecule has 0 aliphatic carbocycles. The van der Waals surface area contributed by atoms with Crippen LogP contribution in [0.3, 0.4) is 0 Å². The number of aliphatic carboxylic acids is 1. The molecule has 2 N–H and O–H groups in total. The summed E-state index contributed by atoms with van der Waals surface area (Å²) in [6.45, 7) is 3.37. The largest absolute Gasteiger partial charge is 0.490 e. The monoisotopic (exact) mass is 254 g/mol. The first kappa shape index (κ1) is 13.8. The number of aromatic carboxylic acids is 1. The quantitative estimate of drug-likeness (QED) is 0.801. The Hall–Kier alpha value is -2.24. The highest BCUT2D eigenvalue weighted by Gasteiger charge is 2.21. The molecule has 0 spiro atoms. The molecule has 1 aromatic rings. The zero-order valence-electron chi connectivity index (χ0n) is 10.0. The third-order valence-electron chi connectivity index (χ3n) is 2.15. The molecule has 0 aliphatic heterocycles. The van der Waals surface area contributed by atoms with Gasteiger partial charge in [0.2, 0.25) is 0 Å². The lowest BCUT2D eigenvalue weighted by molar-refractivity contribution is -0.144. The number of rotatable bonds is 6. The van der Waals surface area contributed by atoms with Crippen molar-refractivity contribution in [3.05, 3.63) is 23.8 Å². The lowest BCUT2D eigenvalue weighted by Crippen LogP contribution is -2.24. The maximum Gasteiger partial charge on any atom is 0.344 e.